The van der Waals surface area contributed by atoms with Crippen molar-refractivity contribution in [3.8, 4) is 0 Å². The largest absolute Gasteiger partial charge is 2.00 e. The van der Waals surface area contributed by atoms with E-state index in [1.54, 1.807) is 0 Å². The van der Waals surface area contributed by atoms with Crippen LogP contribution in [0.5, 0.6) is 0 Å². The molecule has 20 nitrogen and oxygen atoms in total. The van der Waals surface area contributed by atoms with Gasteiger partial charge >= 0.3 is 35.0 Å². The van der Waals surface area contributed by atoms with E-state index in [4.69, 9.17) is 30.6 Å². The zero-order valence-electron chi connectivity index (χ0n) is 13.3. The second kappa shape index (κ2) is 39.2. The molecule has 0 rings (SSSR count). The molecule has 1 atom stereocenters. The molecule has 0 bridgehead atoms. The third-order valence-electron chi connectivity index (χ3n) is 1.28. The summed E-state index contributed by atoms with van der Waals surface area (Å²) in [5.74, 6) is -5.34. The van der Waals surface area contributed by atoms with E-state index in [1.165, 1.54) is 0 Å². The second-order valence-corrected chi connectivity index (χ2v) is 2.68. The van der Waals surface area contributed by atoms with E-state index in [0.29, 0.717) is 0 Å². The minimum atomic E-state index is -2.80. The summed E-state index contributed by atoms with van der Waals surface area (Å²) in [7, 11) is 0. The van der Waals surface area contributed by atoms with Crippen LogP contribution in [0.15, 0.2) is 0 Å². The molecule has 0 saturated heterocycles. The van der Waals surface area contributed by atoms with E-state index in [2.05, 4.69) is 0 Å². The fourth-order valence-corrected chi connectivity index (χ4v) is 0.703. The summed E-state index contributed by atoms with van der Waals surface area (Å²) in [6.07, 6.45) is -2.44. The molecule has 170 valence electrons. The van der Waals surface area contributed by atoms with Crippen LogP contribution in [0.2, 0.25) is 0 Å². The molecule has 0 heterocycles. The Labute approximate surface area is 164 Å². The summed E-state index contributed by atoms with van der Waals surface area (Å²) in [5, 5.41) is 50.3. The van der Waals surface area contributed by atoms with E-state index >= 15 is 0 Å². The van der Waals surface area contributed by atoms with Gasteiger partial charge in [0.15, 0.2) is 5.60 Å². The van der Waals surface area contributed by atoms with Gasteiger partial charge in [0.05, 0.1) is 11.5 Å². The van der Waals surface area contributed by atoms with Gasteiger partial charge in [0.25, 0.3) is 0 Å². The normalized spacial score (nSPS) is 7.89. The summed E-state index contributed by atoms with van der Waals surface area (Å²) >= 11 is 0. The van der Waals surface area contributed by atoms with Crippen LogP contribution in [-0.2, 0) is 14.4 Å². The van der Waals surface area contributed by atoms with Gasteiger partial charge < -0.3 is 89.8 Å². The van der Waals surface area contributed by atoms with Crippen molar-refractivity contribution in [2.75, 3.05) is 0 Å². The number of carbonyl (C=O) groups excluding carboxylic acids is 1. The summed E-state index contributed by atoms with van der Waals surface area (Å²) in [4.78, 5) is 38.6. The van der Waals surface area contributed by atoms with Gasteiger partial charge in [0.1, 0.15) is 0 Å². The average molecular weight is 440 g/mol. The van der Waals surface area contributed by atoms with Gasteiger partial charge in [0, 0.05) is 12.4 Å². The summed E-state index contributed by atoms with van der Waals surface area (Å²) in [6.45, 7) is 0. The first-order valence-electron chi connectivity index (χ1n) is 3.70. The first kappa shape index (κ1) is 85.3. The Hall–Kier alpha value is -2.02. The third kappa shape index (κ3) is 59.3. The van der Waals surface area contributed by atoms with Gasteiger partial charge in [-0.15, -0.1) is 0 Å². The Morgan fingerprint density at radius 2 is 1.00 bits per heavy atom. The minimum absolute atomic E-state index is 0. The Balaban J connectivity index is -0.0000000148. The smallest absolute Gasteiger partial charge is 0.550 e. The van der Waals surface area contributed by atoms with Crippen LogP contribution in [0.1, 0.15) is 12.8 Å². The molecule has 0 aliphatic rings. The number of aliphatic carboxylic acids is 3. The summed E-state index contributed by atoms with van der Waals surface area (Å²) in [6, 6.07) is 0. The number of nitrogens with zero attached hydrogens (tertiary/aromatic N) is 1. The van der Waals surface area contributed by atoms with Crippen LogP contribution >= 0.6 is 0 Å². The molecule has 0 fully saturated rings. The molecule has 1 unspecified atom stereocenters. The van der Waals surface area contributed by atoms with Crippen LogP contribution in [0.4, 0.5) is 0 Å². The van der Waals surface area contributed by atoms with Gasteiger partial charge in [0.2, 0.25) is 0 Å². The van der Waals surface area contributed by atoms with Crippen molar-refractivity contribution in [3.63, 3.8) is 0 Å². The number of hydrogen-bond donors (Lipinski definition) is 3. The molecule has 27 heavy (non-hydrogen) atoms. The Bertz CT molecular complexity index is 314. The first-order chi connectivity index (χ1) is 7.51. The summed E-state index contributed by atoms with van der Waals surface area (Å²) < 4.78 is 0. The molecule has 21 N–H and O–H groups in total. The number of carbonyl (C=O) groups is 3. The van der Waals surface area contributed by atoms with E-state index in [0.717, 1.165) is 0 Å². The van der Waals surface area contributed by atoms with Crippen LogP contribution < -0.4 is 5.11 Å². The number of carboxylic acids is 3. The van der Waals surface area contributed by atoms with E-state index in [1.807, 2.05) is 0 Å². The van der Waals surface area contributed by atoms with Crippen LogP contribution in [0.25, 0.3) is 0 Å². The zero-order valence-corrected chi connectivity index (χ0v) is 14.7. The first-order valence-corrected chi connectivity index (χ1v) is 3.70. The molecule has 0 aromatic carbocycles. The van der Waals surface area contributed by atoms with Crippen LogP contribution in [0, 0.1) is 15.3 Å². The van der Waals surface area contributed by atoms with Crippen molar-refractivity contribution in [2.24, 2.45) is 0 Å². The fourth-order valence-electron chi connectivity index (χ4n) is 0.703. The molecule has 0 radical (unpaired) electrons. The van der Waals surface area contributed by atoms with E-state index in [-0.39, 0.29) is 72.3 Å². The second-order valence-electron chi connectivity index (χ2n) is 2.68. The molecule has 0 amide bonds. The predicted molar refractivity (Wildman–Crippen MR) is 83.1 cm³/mol. The topological polar surface area (TPSA) is 485 Å². The Morgan fingerprint density at radius 1 is 0.778 bits per heavy atom. The minimum Gasteiger partial charge on any atom is -0.550 e. The molecule has 21 heteroatoms. The van der Waals surface area contributed by atoms with Gasteiger partial charge in [-0.05, 0) is 0 Å². The van der Waals surface area contributed by atoms with Crippen LogP contribution in [0.3, 0.4) is 0 Å². The zero-order chi connectivity index (χ0) is 14.2. The van der Waals surface area contributed by atoms with Crippen molar-refractivity contribution in [1.82, 2.24) is 0 Å². The van der Waals surface area contributed by atoms with Gasteiger partial charge in [-0.1, -0.05) is 0 Å². The Morgan fingerprint density at radius 3 is 1.11 bits per heavy atom. The number of carboxylic acid groups (broad SMARTS) is 3. The van der Waals surface area contributed by atoms with Crippen molar-refractivity contribution >= 4 is 41.0 Å². The maximum Gasteiger partial charge on any atom is 2.00 e. The standard InChI is InChI=1S/C6H8O7.Mg.NO3.9H2O/c7-3(8)1-6(13,5(11)12)2-4(9)10;;2-1(3)4;;;;;;;;;/h13H,1-2H2,(H,7,8)(H,9,10)(H,11,12);;;9*1H2/q;+2;-1;;;;;;;;;/p-1. The summed E-state index contributed by atoms with van der Waals surface area (Å²) in [5.41, 5.74) is -2.80. The number of hydrogen-bond acceptors (Lipinski definition) is 8. The van der Waals surface area contributed by atoms with Crippen molar-refractivity contribution in [2.45, 2.75) is 18.4 Å². The number of rotatable bonds is 5. The number of aliphatic hydroxyl groups is 1. The molecule has 0 aromatic heterocycles. The maximum absolute atomic E-state index is 10.3. The Kier molecular flexibility index (Phi) is 124. The van der Waals surface area contributed by atoms with E-state index in [9.17, 15) is 19.5 Å². The van der Waals surface area contributed by atoms with Gasteiger partial charge in [-0.25, -0.2) is 4.79 Å². The van der Waals surface area contributed by atoms with Crippen molar-refractivity contribution in [1.29, 1.82) is 0 Å². The van der Waals surface area contributed by atoms with Gasteiger partial charge in [-0.2, -0.15) is 0 Å². The quantitative estimate of drug-likeness (QED) is 0.206. The maximum atomic E-state index is 10.3. The third-order valence-corrected chi connectivity index (χ3v) is 1.28. The van der Waals surface area contributed by atoms with Crippen molar-refractivity contribution < 1.29 is 89.2 Å². The molecular weight excluding hydrogens is 414 g/mol. The van der Waals surface area contributed by atoms with E-state index < -0.39 is 41.4 Å². The van der Waals surface area contributed by atoms with Crippen molar-refractivity contribution in [3.05, 3.63) is 15.3 Å². The molecule has 0 aliphatic heterocycles. The predicted octanol–water partition coefficient (Wildman–Crippen LogP) is -10.6. The van der Waals surface area contributed by atoms with Crippen LogP contribution in [-0.4, -0.2) is 116 Å². The SMILES string of the molecule is O.O.O.O.O.O.O.O.O.O=C([O-])CC(O)(CC(=O)O)C(=O)O.O=[N+]([O-])[O-].[Mg+2]. The monoisotopic (exact) mass is 439 g/mol. The molecular formula is C6H25MgNO19. The average Bonchev–Trinajstić information content (AvgIpc) is 1.98. The molecule has 0 saturated carbocycles. The fraction of sp³-hybridized carbons (Fsp3) is 0.500. The molecule has 0 aromatic rings. The molecule has 0 aliphatic carbocycles. The molecule has 0 spiro atoms. The van der Waals surface area contributed by atoms with Gasteiger partial charge in [-0.3, -0.25) is 4.79 Å².